The molecule has 1 aliphatic rings. The molecule has 0 radical (unpaired) electrons. The molecule has 7 heteroatoms. The lowest BCUT2D eigenvalue weighted by atomic mass is 10.4. The number of likely N-dealkylation sites (N-methyl/N-ethyl adjacent to an activating group) is 1. The van der Waals surface area contributed by atoms with Crippen molar-refractivity contribution in [2.75, 3.05) is 32.4 Å². The molecule has 0 unspecified atom stereocenters. The Morgan fingerprint density at radius 3 is 2.94 bits per heavy atom. The molecule has 2 heterocycles. The molecule has 0 aromatic carbocycles. The first-order valence-corrected chi connectivity index (χ1v) is 6.01. The van der Waals surface area contributed by atoms with E-state index >= 15 is 0 Å². The van der Waals surface area contributed by atoms with Gasteiger partial charge in [0.05, 0.1) is 13.1 Å². The smallest absolute Gasteiger partial charge is 0.236 e. The average molecular weight is 241 g/mol. The number of aromatic nitrogens is 2. The first kappa shape index (κ1) is 11.3. The van der Waals surface area contributed by atoms with Crippen molar-refractivity contribution in [3.05, 3.63) is 5.01 Å². The van der Waals surface area contributed by atoms with Gasteiger partial charge in [-0.05, 0) is 6.42 Å². The molecule has 2 N–H and O–H groups in total. The number of nitrogens with zero attached hydrogens (tertiary/aromatic N) is 4. The quantitative estimate of drug-likeness (QED) is 0.775. The maximum Gasteiger partial charge on any atom is 0.236 e. The normalized spacial score (nSPS) is 18.8. The van der Waals surface area contributed by atoms with E-state index < -0.39 is 0 Å². The van der Waals surface area contributed by atoms with Crippen molar-refractivity contribution >= 4 is 22.4 Å². The summed E-state index contributed by atoms with van der Waals surface area (Å²) in [5.41, 5.74) is 5.52. The molecular weight excluding hydrogens is 226 g/mol. The summed E-state index contributed by atoms with van der Waals surface area (Å²) in [5, 5.41) is 9.08. The summed E-state index contributed by atoms with van der Waals surface area (Å²) in [4.78, 5) is 15.5. The molecule has 0 spiro atoms. The van der Waals surface area contributed by atoms with Gasteiger partial charge in [-0.25, -0.2) is 0 Å². The highest BCUT2D eigenvalue weighted by Crippen LogP contribution is 2.14. The van der Waals surface area contributed by atoms with Gasteiger partial charge >= 0.3 is 0 Å². The minimum Gasteiger partial charge on any atom is -0.374 e. The third-order valence-corrected chi connectivity index (χ3v) is 3.33. The van der Waals surface area contributed by atoms with Crippen LogP contribution in [0.4, 0.5) is 5.13 Å². The van der Waals surface area contributed by atoms with Crippen LogP contribution in [0.15, 0.2) is 0 Å². The molecule has 1 aromatic heterocycles. The van der Waals surface area contributed by atoms with Crippen LogP contribution in [0.2, 0.25) is 0 Å². The van der Waals surface area contributed by atoms with Crippen LogP contribution in [0.25, 0.3) is 0 Å². The van der Waals surface area contributed by atoms with Gasteiger partial charge in [-0.15, -0.1) is 10.2 Å². The van der Waals surface area contributed by atoms with E-state index in [-0.39, 0.29) is 5.91 Å². The highest BCUT2D eigenvalue weighted by molar-refractivity contribution is 7.15. The zero-order chi connectivity index (χ0) is 11.5. The molecule has 0 aliphatic carbocycles. The van der Waals surface area contributed by atoms with Crippen LogP contribution in [-0.2, 0) is 11.3 Å². The van der Waals surface area contributed by atoms with Crippen molar-refractivity contribution in [1.82, 2.24) is 20.0 Å². The number of carbonyl (C=O) groups excluding carboxylic acids is 1. The monoisotopic (exact) mass is 241 g/mol. The van der Waals surface area contributed by atoms with Crippen LogP contribution in [0, 0.1) is 0 Å². The first-order valence-electron chi connectivity index (χ1n) is 5.19. The van der Waals surface area contributed by atoms with Gasteiger partial charge < -0.3 is 10.6 Å². The second kappa shape index (κ2) is 4.75. The Kier molecular flexibility index (Phi) is 3.35. The summed E-state index contributed by atoms with van der Waals surface area (Å²) in [6.45, 7) is 2.85. The Balaban J connectivity index is 1.97. The van der Waals surface area contributed by atoms with Crippen LogP contribution in [0.5, 0.6) is 0 Å². The molecule has 1 amide bonds. The van der Waals surface area contributed by atoms with Gasteiger partial charge in [-0.1, -0.05) is 11.3 Å². The van der Waals surface area contributed by atoms with Gasteiger partial charge in [0.25, 0.3) is 0 Å². The van der Waals surface area contributed by atoms with Gasteiger partial charge in [0.15, 0.2) is 0 Å². The Hall–Kier alpha value is -1.21. The summed E-state index contributed by atoms with van der Waals surface area (Å²) in [6.07, 6.45) is 0.997. The molecule has 2 rings (SSSR count). The molecule has 1 fully saturated rings. The molecule has 1 saturated heterocycles. The minimum atomic E-state index is 0.162. The Labute approximate surface area is 98.0 Å². The Bertz CT molecular complexity index is 380. The number of hydrogen-bond acceptors (Lipinski definition) is 6. The molecule has 88 valence electrons. The number of nitrogen functional groups attached to an aromatic ring is 1. The van der Waals surface area contributed by atoms with Crippen molar-refractivity contribution in [1.29, 1.82) is 0 Å². The highest BCUT2D eigenvalue weighted by atomic mass is 32.1. The van der Waals surface area contributed by atoms with Crippen molar-refractivity contribution < 1.29 is 4.79 Å². The topological polar surface area (TPSA) is 75.3 Å². The summed E-state index contributed by atoms with van der Waals surface area (Å²) in [7, 11) is 1.84. The molecular formula is C9H15N5OS. The van der Waals surface area contributed by atoms with Crippen LogP contribution in [0.3, 0.4) is 0 Å². The summed E-state index contributed by atoms with van der Waals surface area (Å²) < 4.78 is 0. The van der Waals surface area contributed by atoms with Crippen LogP contribution < -0.4 is 5.73 Å². The Morgan fingerprint density at radius 1 is 1.44 bits per heavy atom. The van der Waals surface area contributed by atoms with Crippen LogP contribution in [-0.4, -0.2) is 52.6 Å². The number of nitrogens with two attached hydrogens (primary N) is 1. The predicted octanol–water partition coefficient (Wildman–Crippen LogP) is -0.216. The molecule has 6 nitrogen and oxygen atoms in total. The molecule has 0 saturated carbocycles. The van der Waals surface area contributed by atoms with Crippen LogP contribution in [0.1, 0.15) is 11.4 Å². The fourth-order valence-corrected chi connectivity index (χ4v) is 2.36. The van der Waals surface area contributed by atoms with E-state index in [0.717, 1.165) is 24.5 Å². The number of anilines is 1. The highest BCUT2D eigenvalue weighted by Gasteiger charge is 2.19. The van der Waals surface area contributed by atoms with Crippen molar-refractivity contribution in [2.45, 2.75) is 13.0 Å². The van der Waals surface area contributed by atoms with Gasteiger partial charge in [0.2, 0.25) is 11.0 Å². The van der Waals surface area contributed by atoms with Crippen molar-refractivity contribution in [3.8, 4) is 0 Å². The van der Waals surface area contributed by atoms with Gasteiger partial charge in [0.1, 0.15) is 5.01 Å². The first-order chi connectivity index (χ1) is 7.65. The lowest BCUT2D eigenvalue weighted by molar-refractivity contribution is -0.129. The molecule has 16 heavy (non-hydrogen) atoms. The van der Waals surface area contributed by atoms with Gasteiger partial charge in [-0.2, -0.15) is 0 Å². The molecule has 1 aliphatic heterocycles. The Morgan fingerprint density at radius 2 is 2.25 bits per heavy atom. The fourth-order valence-electron chi connectivity index (χ4n) is 1.70. The molecule has 0 atom stereocenters. The van der Waals surface area contributed by atoms with Crippen molar-refractivity contribution in [2.24, 2.45) is 0 Å². The third kappa shape index (κ3) is 2.67. The fraction of sp³-hybridized carbons (Fsp3) is 0.667. The van der Waals surface area contributed by atoms with E-state index in [1.807, 2.05) is 7.05 Å². The largest absolute Gasteiger partial charge is 0.374 e. The van der Waals surface area contributed by atoms with E-state index in [1.54, 1.807) is 4.90 Å². The zero-order valence-electron chi connectivity index (χ0n) is 9.22. The summed E-state index contributed by atoms with van der Waals surface area (Å²) in [5.74, 6) is 0.162. The summed E-state index contributed by atoms with van der Waals surface area (Å²) in [6, 6.07) is 0. The second-order valence-electron chi connectivity index (χ2n) is 3.91. The summed E-state index contributed by atoms with van der Waals surface area (Å²) >= 11 is 1.38. The zero-order valence-corrected chi connectivity index (χ0v) is 10.0. The lowest BCUT2D eigenvalue weighted by Gasteiger charge is -2.17. The maximum absolute atomic E-state index is 11.6. The third-order valence-electron chi connectivity index (χ3n) is 2.59. The SMILES string of the molecule is CN1CCCN(Cc2nnc(N)s2)CC1=O. The van der Waals surface area contributed by atoms with E-state index in [0.29, 0.717) is 18.2 Å². The molecule has 0 bridgehead atoms. The number of amides is 1. The van der Waals surface area contributed by atoms with E-state index in [2.05, 4.69) is 15.1 Å². The van der Waals surface area contributed by atoms with E-state index in [1.165, 1.54) is 11.3 Å². The van der Waals surface area contributed by atoms with Crippen molar-refractivity contribution in [3.63, 3.8) is 0 Å². The number of carbonyl (C=O) groups is 1. The second-order valence-corrected chi connectivity index (χ2v) is 5.01. The van der Waals surface area contributed by atoms with E-state index in [4.69, 9.17) is 5.73 Å². The van der Waals surface area contributed by atoms with Crippen LogP contribution >= 0.6 is 11.3 Å². The predicted molar refractivity (Wildman–Crippen MR) is 61.9 cm³/mol. The lowest BCUT2D eigenvalue weighted by Crippen LogP contribution is -2.34. The maximum atomic E-state index is 11.6. The number of hydrogen-bond donors (Lipinski definition) is 1. The van der Waals surface area contributed by atoms with Gasteiger partial charge in [0, 0.05) is 20.1 Å². The number of rotatable bonds is 2. The molecule has 1 aromatic rings. The standard InChI is InChI=1S/C9H15N5OS/c1-13-3-2-4-14(6-8(13)15)5-7-11-12-9(10)16-7/h2-6H2,1H3,(H2,10,12). The van der Waals surface area contributed by atoms with E-state index in [9.17, 15) is 4.79 Å². The average Bonchev–Trinajstić information content (AvgIpc) is 2.56. The minimum absolute atomic E-state index is 0.162. The van der Waals surface area contributed by atoms with Gasteiger partial charge in [-0.3, -0.25) is 9.69 Å².